The summed E-state index contributed by atoms with van der Waals surface area (Å²) in [6.07, 6.45) is 3.49. The number of hydrogen-bond acceptors (Lipinski definition) is 3. The summed E-state index contributed by atoms with van der Waals surface area (Å²) in [7, 11) is 0. The second-order valence-electron chi connectivity index (χ2n) is 5.81. The second kappa shape index (κ2) is 12.7. The Balaban J connectivity index is 0.000000489. The van der Waals surface area contributed by atoms with Crippen molar-refractivity contribution >= 4 is 96.3 Å². The molecule has 2 heterocycles. The molecule has 28 heavy (non-hydrogen) atoms. The number of fused-ring (bicyclic) bond motifs is 1. The van der Waals surface area contributed by atoms with E-state index in [-0.39, 0.29) is 20.3 Å². The third-order valence-electron chi connectivity index (χ3n) is 3.49. The summed E-state index contributed by atoms with van der Waals surface area (Å²) >= 11 is 25.1. The van der Waals surface area contributed by atoms with E-state index in [9.17, 15) is 5.11 Å². The summed E-state index contributed by atoms with van der Waals surface area (Å²) in [4.78, 5) is 8.45. The lowest BCUT2D eigenvalue weighted by Crippen LogP contribution is -1.99. The van der Waals surface area contributed by atoms with E-state index in [4.69, 9.17) is 34.8 Å². The molecule has 0 fully saturated rings. The Kier molecular flexibility index (Phi) is 11.8. The van der Waals surface area contributed by atoms with Crippen molar-refractivity contribution in [3.8, 4) is 16.9 Å². The molecule has 3 aromatic rings. The molecular formula is C17H18BBr3Cl3N3O. The molecule has 0 amide bonds. The fraction of sp³-hybridized carbons (Fsp3) is 0.294. The summed E-state index contributed by atoms with van der Waals surface area (Å²) in [6.45, 7) is 6.13. The fourth-order valence-electron chi connectivity index (χ4n) is 2.58. The molecule has 1 aromatic carbocycles. The standard InChI is InChI=1S/C16H16ClN3O.CH2Cl2.BBr3/c1-9(2)20-7-13(11-4-10(3)5-12(21)6-11)14-15(17)18-8-19-16(14)20;2-1-3;2-1(3)4/h4-9,21H,1-3H3;1H2;. The number of phenols is 1. The highest BCUT2D eigenvalue weighted by Gasteiger charge is 2.17. The molecule has 0 atom stereocenters. The van der Waals surface area contributed by atoms with Crippen molar-refractivity contribution in [2.75, 3.05) is 5.34 Å². The molecule has 0 aliphatic rings. The first-order valence-corrected chi connectivity index (χ1v) is 12.2. The molecule has 2 aromatic heterocycles. The molecule has 0 saturated heterocycles. The van der Waals surface area contributed by atoms with Crippen molar-refractivity contribution in [3.05, 3.63) is 41.4 Å². The van der Waals surface area contributed by atoms with Crippen LogP contribution in [0.25, 0.3) is 22.2 Å². The summed E-state index contributed by atoms with van der Waals surface area (Å²) in [5.74, 6) is 0.239. The topological polar surface area (TPSA) is 50.9 Å². The number of hydrogen-bond donors (Lipinski definition) is 1. The highest BCUT2D eigenvalue weighted by molar-refractivity contribution is 9.69. The lowest BCUT2D eigenvalue weighted by atomic mass is 10.0. The van der Waals surface area contributed by atoms with Crippen LogP contribution in [0.2, 0.25) is 5.15 Å². The summed E-state index contributed by atoms with van der Waals surface area (Å²) in [5.41, 5.74) is 3.64. The van der Waals surface area contributed by atoms with E-state index in [2.05, 4.69) is 75.7 Å². The van der Waals surface area contributed by atoms with Gasteiger partial charge in [0.25, 0.3) is 0 Å². The van der Waals surface area contributed by atoms with Crippen LogP contribution in [0.1, 0.15) is 25.5 Å². The van der Waals surface area contributed by atoms with Crippen LogP contribution in [0.5, 0.6) is 5.75 Å². The van der Waals surface area contributed by atoms with Crippen LogP contribution in [-0.4, -0.2) is 28.2 Å². The predicted molar refractivity (Wildman–Crippen MR) is 134 cm³/mol. The molecular weight excluding hydrogens is 619 g/mol. The highest BCUT2D eigenvalue weighted by Crippen LogP contribution is 2.36. The molecule has 3 rings (SSSR count). The van der Waals surface area contributed by atoms with Crippen molar-refractivity contribution in [2.24, 2.45) is 0 Å². The van der Waals surface area contributed by atoms with Gasteiger partial charge in [-0.25, -0.2) is 9.97 Å². The van der Waals surface area contributed by atoms with E-state index in [1.807, 2.05) is 19.2 Å². The maximum Gasteiger partial charge on any atom is 0.369 e. The van der Waals surface area contributed by atoms with E-state index >= 15 is 0 Å². The number of aryl methyl sites for hydroxylation is 1. The summed E-state index contributed by atoms with van der Waals surface area (Å²) in [6, 6.07) is 5.73. The zero-order valence-electron chi connectivity index (χ0n) is 15.3. The number of aromatic hydroxyl groups is 1. The predicted octanol–water partition coefficient (Wildman–Crippen LogP) is 7.92. The van der Waals surface area contributed by atoms with Gasteiger partial charge in [0.15, 0.2) is 0 Å². The number of benzene rings is 1. The van der Waals surface area contributed by atoms with Gasteiger partial charge in [-0.3, -0.25) is 0 Å². The normalized spacial score (nSPS) is 10.2. The van der Waals surface area contributed by atoms with E-state index in [1.54, 1.807) is 12.1 Å². The Bertz CT molecular complexity index is 887. The van der Waals surface area contributed by atoms with Crippen LogP contribution in [0, 0.1) is 6.92 Å². The van der Waals surface area contributed by atoms with E-state index in [1.165, 1.54) is 6.33 Å². The van der Waals surface area contributed by atoms with Gasteiger partial charge in [-0.05, 0) is 44.0 Å². The zero-order chi connectivity index (χ0) is 21.4. The first-order chi connectivity index (χ1) is 13.1. The van der Waals surface area contributed by atoms with Gasteiger partial charge in [0, 0.05) is 17.8 Å². The Morgan fingerprint density at radius 1 is 1.14 bits per heavy atom. The number of halogens is 6. The summed E-state index contributed by atoms with van der Waals surface area (Å²) < 4.78 is 2.34. The molecule has 0 unspecified atom stereocenters. The van der Waals surface area contributed by atoms with Gasteiger partial charge < -0.3 is 9.67 Å². The van der Waals surface area contributed by atoms with Crippen molar-refractivity contribution in [2.45, 2.75) is 26.8 Å². The molecule has 1 N–H and O–H groups in total. The van der Waals surface area contributed by atoms with Crippen molar-refractivity contribution in [3.63, 3.8) is 0 Å². The zero-order valence-corrected chi connectivity index (χ0v) is 22.3. The lowest BCUT2D eigenvalue weighted by molar-refractivity contribution is 0.475. The molecule has 152 valence electrons. The van der Waals surface area contributed by atoms with Gasteiger partial charge >= 0.3 is 3.18 Å². The first kappa shape index (κ1) is 26.1. The Morgan fingerprint density at radius 2 is 1.71 bits per heavy atom. The van der Waals surface area contributed by atoms with Gasteiger partial charge in [-0.1, -0.05) is 17.7 Å². The van der Waals surface area contributed by atoms with Crippen molar-refractivity contribution < 1.29 is 5.11 Å². The van der Waals surface area contributed by atoms with E-state index < -0.39 is 0 Å². The van der Waals surface area contributed by atoms with Gasteiger partial charge in [0.05, 0.1) is 10.7 Å². The second-order valence-corrected chi connectivity index (χ2v) is 13.4. The average Bonchev–Trinajstić information content (AvgIpc) is 2.95. The third-order valence-corrected chi connectivity index (χ3v) is 3.78. The lowest BCUT2D eigenvalue weighted by Gasteiger charge is -2.07. The Labute approximate surface area is 205 Å². The number of alkyl halides is 2. The average molecular weight is 637 g/mol. The van der Waals surface area contributed by atoms with Crippen LogP contribution in [0.4, 0.5) is 0 Å². The Morgan fingerprint density at radius 3 is 2.21 bits per heavy atom. The molecule has 11 heteroatoms. The first-order valence-electron chi connectivity index (χ1n) is 7.98. The smallest absolute Gasteiger partial charge is 0.369 e. The fourth-order valence-corrected chi connectivity index (χ4v) is 2.81. The number of rotatable bonds is 2. The van der Waals surface area contributed by atoms with Gasteiger partial charge in [-0.2, -0.15) is 0 Å². The molecule has 0 saturated carbocycles. The number of nitrogens with zero attached hydrogens (tertiary/aromatic N) is 3. The third kappa shape index (κ3) is 7.69. The maximum absolute atomic E-state index is 9.84. The van der Waals surface area contributed by atoms with Gasteiger partial charge in [0.1, 0.15) is 22.9 Å². The van der Waals surface area contributed by atoms with Crippen molar-refractivity contribution in [1.29, 1.82) is 0 Å². The molecule has 0 aliphatic heterocycles. The van der Waals surface area contributed by atoms with Crippen LogP contribution < -0.4 is 0 Å². The van der Waals surface area contributed by atoms with Gasteiger partial charge in [-0.15, -0.1) is 70.5 Å². The number of phenolic OH excluding ortho intramolecular Hbond substituents is 1. The summed E-state index contributed by atoms with van der Waals surface area (Å²) in [5, 5.41) is 11.3. The van der Waals surface area contributed by atoms with E-state index in [0.717, 1.165) is 27.7 Å². The van der Waals surface area contributed by atoms with E-state index in [0.29, 0.717) is 5.15 Å². The number of aromatic nitrogens is 3. The highest BCUT2D eigenvalue weighted by atomic mass is 79.9. The molecule has 4 nitrogen and oxygen atoms in total. The quantitative estimate of drug-likeness (QED) is 0.177. The SMILES string of the molecule is BrB(Br)Br.Cc1cc(O)cc(-c2cn(C(C)C)c3ncnc(Cl)c23)c1.ClCCl. The molecule has 0 bridgehead atoms. The molecule has 0 spiro atoms. The van der Waals surface area contributed by atoms with Crippen LogP contribution >= 0.6 is 82.1 Å². The molecule has 0 aliphatic carbocycles. The van der Waals surface area contributed by atoms with Crippen LogP contribution in [0.15, 0.2) is 30.7 Å². The van der Waals surface area contributed by atoms with Crippen LogP contribution in [-0.2, 0) is 0 Å². The monoisotopic (exact) mass is 633 g/mol. The largest absolute Gasteiger partial charge is 0.508 e. The van der Waals surface area contributed by atoms with Crippen LogP contribution in [0.3, 0.4) is 0 Å². The minimum atomic E-state index is 0.194. The minimum absolute atomic E-state index is 0.194. The maximum atomic E-state index is 9.84. The minimum Gasteiger partial charge on any atom is -0.508 e. The Hall–Kier alpha value is 0.0149. The van der Waals surface area contributed by atoms with Crippen molar-refractivity contribution in [1.82, 2.24) is 14.5 Å². The molecule has 0 radical (unpaired) electrons. The van der Waals surface area contributed by atoms with Gasteiger partial charge in [0.2, 0.25) is 0 Å².